The van der Waals surface area contributed by atoms with E-state index < -0.39 is 0 Å². The monoisotopic (exact) mass is 636 g/mol. The predicted molar refractivity (Wildman–Crippen MR) is 216 cm³/mol. The third-order valence-corrected chi connectivity index (χ3v) is 9.13. The molecule has 4 aromatic rings. The summed E-state index contributed by atoms with van der Waals surface area (Å²) in [5.41, 5.74) is 16.0. The van der Waals surface area contributed by atoms with Crippen LogP contribution in [0, 0.1) is 0 Å². The molecule has 1 aliphatic carbocycles. The fraction of sp³-hybridized carbons (Fsp3) is 0.143. The zero-order valence-electron chi connectivity index (χ0n) is 29.5. The lowest BCUT2D eigenvalue weighted by molar-refractivity contribution is 0.777. The van der Waals surface area contributed by atoms with Gasteiger partial charge >= 0.3 is 0 Å². The smallest absolute Gasteiger partial charge is 0.0190 e. The molecule has 0 saturated heterocycles. The molecule has 0 heteroatoms. The van der Waals surface area contributed by atoms with E-state index in [2.05, 4.69) is 198 Å². The van der Waals surface area contributed by atoms with Crippen molar-refractivity contribution < 1.29 is 0 Å². The molecule has 0 N–H and O–H groups in total. The zero-order valence-corrected chi connectivity index (χ0v) is 29.5. The largest absolute Gasteiger partial charge is 0.0911 e. The average Bonchev–Trinajstić information content (AvgIpc) is 3.15. The van der Waals surface area contributed by atoms with Crippen molar-refractivity contribution in [3.63, 3.8) is 0 Å². The van der Waals surface area contributed by atoms with E-state index in [1.165, 1.54) is 55.7 Å². The van der Waals surface area contributed by atoms with Crippen LogP contribution in [0.5, 0.6) is 0 Å². The first-order chi connectivity index (χ1) is 23.9. The lowest BCUT2D eigenvalue weighted by atomic mass is 9.87. The molecule has 4 aromatic carbocycles. The summed E-state index contributed by atoms with van der Waals surface area (Å²) in [6.45, 7) is 13.3. The van der Waals surface area contributed by atoms with Crippen molar-refractivity contribution in [2.75, 3.05) is 0 Å². The molecule has 0 spiro atoms. The molecule has 49 heavy (non-hydrogen) atoms. The van der Waals surface area contributed by atoms with Crippen LogP contribution in [0.25, 0.3) is 22.3 Å². The fourth-order valence-electron chi connectivity index (χ4n) is 6.18. The molecule has 0 bridgehead atoms. The van der Waals surface area contributed by atoms with Crippen LogP contribution in [0.15, 0.2) is 204 Å². The van der Waals surface area contributed by atoms with Crippen LogP contribution in [-0.4, -0.2) is 0 Å². The van der Waals surface area contributed by atoms with E-state index in [0.29, 0.717) is 0 Å². The predicted octanol–water partition coefficient (Wildman–Crippen LogP) is 13.8. The summed E-state index contributed by atoms with van der Waals surface area (Å²) in [4.78, 5) is 0. The van der Waals surface area contributed by atoms with Gasteiger partial charge in [-0.25, -0.2) is 0 Å². The maximum Gasteiger partial charge on any atom is -0.0190 e. The van der Waals surface area contributed by atoms with E-state index in [1.807, 2.05) is 6.07 Å². The highest BCUT2D eigenvalue weighted by Crippen LogP contribution is 2.32. The fourth-order valence-corrected chi connectivity index (χ4v) is 6.18. The molecule has 0 radical (unpaired) electrons. The SMILES string of the molecule is C=C(/C=C(/C=C\C1=C(C)C(=C/C=C(/C=C(\C)c2ccccc2)/C=C(\C)c2ccccc2)/CCC1)\C=C(/C)c1ccccc1)c1ccccc1. The topological polar surface area (TPSA) is 0 Å². The van der Waals surface area contributed by atoms with Gasteiger partial charge in [0.1, 0.15) is 0 Å². The quantitative estimate of drug-likeness (QED) is 0.144. The first-order valence-corrected chi connectivity index (χ1v) is 17.3. The second kappa shape index (κ2) is 17.6. The first kappa shape index (κ1) is 34.9. The van der Waals surface area contributed by atoms with Crippen molar-refractivity contribution in [1.29, 1.82) is 0 Å². The Morgan fingerprint density at radius 1 is 0.531 bits per heavy atom. The average molecular weight is 637 g/mol. The summed E-state index contributed by atoms with van der Waals surface area (Å²) >= 11 is 0. The third kappa shape index (κ3) is 10.3. The number of hydrogen-bond donors (Lipinski definition) is 0. The van der Waals surface area contributed by atoms with Crippen LogP contribution in [0.1, 0.15) is 69.2 Å². The zero-order chi connectivity index (χ0) is 34.4. The number of allylic oxidation sites excluding steroid dienone is 17. The van der Waals surface area contributed by atoms with Gasteiger partial charge in [-0.3, -0.25) is 0 Å². The molecule has 0 amide bonds. The summed E-state index contributed by atoms with van der Waals surface area (Å²) in [7, 11) is 0. The van der Waals surface area contributed by atoms with Crippen molar-refractivity contribution in [2.24, 2.45) is 0 Å². The Labute approximate surface area is 295 Å². The molecular formula is C49H48. The van der Waals surface area contributed by atoms with Gasteiger partial charge in [-0.05, 0) is 125 Å². The molecule has 0 aromatic heterocycles. The summed E-state index contributed by atoms with van der Waals surface area (Å²) in [6, 6.07) is 42.3. The van der Waals surface area contributed by atoms with Crippen LogP contribution in [-0.2, 0) is 0 Å². The number of hydrogen-bond acceptors (Lipinski definition) is 0. The molecule has 0 fully saturated rings. The normalized spacial score (nSPS) is 15.6. The molecule has 0 aliphatic heterocycles. The Kier molecular flexibility index (Phi) is 12.5. The summed E-state index contributed by atoms with van der Waals surface area (Å²) in [5.74, 6) is 0. The molecule has 0 atom stereocenters. The van der Waals surface area contributed by atoms with Crippen LogP contribution < -0.4 is 0 Å². The summed E-state index contributed by atoms with van der Waals surface area (Å²) < 4.78 is 0. The molecule has 5 rings (SSSR count). The maximum absolute atomic E-state index is 4.41. The van der Waals surface area contributed by atoms with Crippen molar-refractivity contribution in [2.45, 2.75) is 47.0 Å². The molecule has 0 unspecified atom stereocenters. The Morgan fingerprint density at radius 3 is 1.43 bits per heavy atom. The molecule has 244 valence electrons. The van der Waals surface area contributed by atoms with Gasteiger partial charge in [0.2, 0.25) is 0 Å². The highest BCUT2D eigenvalue weighted by molar-refractivity contribution is 5.77. The lowest BCUT2D eigenvalue weighted by Crippen LogP contribution is -1.99. The van der Waals surface area contributed by atoms with Gasteiger partial charge in [0.25, 0.3) is 0 Å². The Balaban J connectivity index is 1.49. The van der Waals surface area contributed by atoms with Gasteiger partial charge in [-0.2, -0.15) is 0 Å². The van der Waals surface area contributed by atoms with Crippen molar-refractivity contribution in [3.8, 4) is 0 Å². The highest BCUT2D eigenvalue weighted by Gasteiger charge is 2.12. The van der Waals surface area contributed by atoms with E-state index in [1.54, 1.807) is 0 Å². The highest BCUT2D eigenvalue weighted by atomic mass is 14.2. The minimum atomic E-state index is 1.00. The van der Waals surface area contributed by atoms with E-state index in [-0.39, 0.29) is 0 Å². The minimum Gasteiger partial charge on any atom is -0.0911 e. The van der Waals surface area contributed by atoms with Gasteiger partial charge < -0.3 is 0 Å². The summed E-state index contributed by atoms with van der Waals surface area (Å²) in [5, 5.41) is 0. The van der Waals surface area contributed by atoms with E-state index >= 15 is 0 Å². The van der Waals surface area contributed by atoms with Crippen LogP contribution >= 0.6 is 0 Å². The Bertz CT molecular complexity index is 1910. The van der Waals surface area contributed by atoms with Crippen molar-refractivity contribution in [3.05, 3.63) is 227 Å². The van der Waals surface area contributed by atoms with Gasteiger partial charge in [0.05, 0.1) is 0 Å². The third-order valence-electron chi connectivity index (χ3n) is 9.13. The molecule has 0 saturated carbocycles. The van der Waals surface area contributed by atoms with Crippen LogP contribution in [0.4, 0.5) is 0 Å². The van der Waals surface area contributed by atoms with Gasteiger partial charge in [0.15, 0.2) is 0 Å². The second-order valence-corrected chi connectivity index (χ2v) is 12.8. The molecule has 0 nitrogen and oxygen atoms in total. The van der Waals surface area contributed by atoms with Crippen molar-refractivity contribution >= 4 is 22.3 Å². The molecule has 1 aliphatic rings. The van der Waals surface area contributed by atoms with Crippen LogP contribution in [0.2, 0.25) is 0 Å². The maximum atomic E-state index is 4.41. The van der Waals surface area contributed by atoms with Gasteiger partial charge in [-0.1, -0.05) is 170 Å². The second-order valence-electron chi connectivity index (χ2n) is 12.8. The molecular weight excluding hydrogens is 589 g/mol. The van der Waals surface area contributed by atoms with E-state index in [4.69, 9.17) is 0 Å². The van der Waals surface area contributed by atoms with Crippen molar-refractivity contribution in [1.82, 2.24) is 0 Å². The Morgan fingerprint density at radius 2 is 0.959 bits per heavy atom. The van der Waals surface area contributed by atoms with Crippen LogP contribution in [0.3, 0.4) is 0 Å². The summed E-state index contributed by atoms with van der Waals surface area (Å²) in [6.07, 6.45) is 21.6. The number of benzene rings is 4. The standard InChI is InChI=1S/C49H48/c1-37(44-19-10-6-11-20-44)33-42(34-38(2)45-21-12-7-13-22-45)29-31-48-27-18-28-49(41(48)5)32-30-43(35-39(3)46-23-14-8-15-24-46)36-40(4)47-25-16-9-17-26-47/h6-17,19-26,29-36H,1,18,27-28H2,2-5H3/b31-29-,38-34+,39-35+,40-36+,42-33-,49-32+. The van der Waals surface area contributed by atoms with Gasteiger partial charge in [-0.15, -0.1) is 0 Å². The minimum absolute atomic E-state index is 1.00. The van der Waals surface area contributed by atoms with Gasteiger partial charge in [0, 0.05) is 0 Å². The molecule has 0 heterocycles. The van der Waals surface area contributed by atoms with E-state index in [9.17, 15) is 0 Å². The Hall–Kier alpha value is -5.46. The number of rotatable bonds is 11. The van der Waals surface area contributed by atoms with E-state index in [0.717, 1.165) is 36.0 Å². The lowest BCUT2D eigenvalue weighted by Gasteiger charge is -2.19. The first-order valence-electron chi connectivity index (χ1n) is 17.3.